The van der Waals surface area contributed by atoms with Crippen LogP contribution in [0.2, 0.25) is 0 Å². The largest absolute Gasteiger partial charge is 0.475 e. The predicted octanol–water partition coefficient (Wildman–Crippen LogP) is 2.57. The summed E-state index contributed by atoms with van der Waals surface area (Å²) in [6.07, 6.45) is 8.92. The molecular weight excluding hydrogens is 204 g/mol. The molecule has 0 atom stereocenters. The van der Waals surface area contributed by atoms with E-state index in [1.165, 1.54) is 25.7 Å². The second-order valence-corrected chi connectivity index (χ2v) is 4.89. The monoisotopic (exact) mass is 220 g/mol. The quantitative estimate of drug-likeness (QED) is 0.851. The zero-order chi connectivity index (χ0) is 11.1. The van der Waals surface area contributed by atoms with Crippen molar-refractivity contribution in [2.24, 2.45) is 0 Å². The second kappa shape index (κ2) is 3.61. The fraction of sp³-hybridized carbons (Fsp3) is 0.667. The second-order valence-electron chi connectivity index (χ2n) is 4.89. The Bertz CT molecular complexity index is 415. The fourth-order valence-corrected chi connectivity index (χ4v) is 2.77. The number of hydrogen-bond acceptors (Lipinski definition) is 2. The number of carboxylic acid groups (broad SMARTS) is 1. The average Bonchev–Trinajstić information content (AvgIpc) is 2.82. The van der Waals surface area contributed by atoms with Crippen molar-refractivity contribution < 1.29 is 9.90 Å². The highest BCUT2D eigenvalue weighted by molar-refractivity contribution is 5.83. The van der Waals surface area contributed by atoms with Gasteiger partial charge in [-0.3, -0.25) is 0 Å². The van der Waals surface area contributed by atoms with Crippen LogP contribution in [-0.4, -0.2) is 20.6 Å². The Morgan fingerprint density at radius 1 is 1.31 bits per heavy atom. The van der Waals surface area contributed by atoms with Crippen LogP contribution in [0.25, 0.3) is 0 Å². The molecule has 0 spiro atoms. The maximum absolute atomic E-state index is 11.1. The van der Waals surface area contributed by atoms with Gasteiger partial charge in [0.25, 0.3) is 0 Å². The minimum atomic E-state index is -0.892. The van der Waals surface area contributed by atoms with Crippen molar-refractivity contribution in [3.63, 3.8) is 0 Å². The van der Waals surface area contributed by atoms with Crippen LogP contribution in [0.5, 0.6) is 0 Å². The summed E-state index contributed by atoms with van der Waals surface area (Å²) >= 11 is 0. The predicted molar refractivity (Wildman–Crippen MR) is 58.7 cm³/mol. The first-order chi connectivity index (χ1) is 7.77. The van der Waals surface area contributed by atoms with Crippen LogP contribution in [-0.2, 0) is 0 Å². The Morgan fingerprint density at radius 2 is 2.00 bits per heavy atom. The van der Waals surface area contributed by atoms with E-state index in [1.807, 2.05) is 4.57 Å². The highest BCUT2D eigenvalue weighted by Crippen LogP contribution is 2.42. The Balaban J connectivity index is 2.00. The minimum Gasteiger partial charge on any atom is -0.475 e. The van der Waals surface area contributed by atoms with Crippen molar-refractivity contribution in [1.29, 1.82) is 0 Å². The SMILES string of the molecule is O=C(O)c1ncc(C2CCCC2)n1C1CC1. The van der Waals surface area contributed by atoms with Crippen LogP contribution in [0.3, 0.4) is 0 Å². The molecule has 2 fully saturated rings. The normalized spacial score (nSPS) is 21.5. The van der Waals surface area contributed by atoms with Crippen molar-refractivity contribution in [3.05, 3.63) is 17.7 Å². The third-order valence-electron chi connectivity index (χ3n) is 3.70. The molecule has 0 bridgehead atoms. The topological polar surface area (TPSA) is 55.1 Å². The molecule has 3 rings (SSSR count). The van der Waals surface area contributed by atoms with Crippen LogP contribution in [0.4, 0.5) is 0 Å². The van der Waals surface area contributed by atoms with Gasteiger partial charge in [0.15, 0.2) is 0 Å². The Labute approximate surface area is 94.3 Å². The number of carbonyl (C=O) groups is 1. The molecule has 2 aliphatic rings. The van der Waals surface area contributed by atoms with Crippen molar-refractivity contribution in [2.45, 2.75) is 50.5 Å². The molecule has 0 saturated heterocycles. The molecule has 2 saturated carbocycles. The summed E-state index contributed by atoms with van der Waals surface area (Å²) in [4.78, 5) is 15.2. The smallest absolute Gasteiger partial charge is 0.372 e. The first-order valence-corrected chi connectivity index (χ1v) is 6.08. The Kier molecular flexibility index (Phi) is 2.23. The van der Waals surface area contributed by atoms with Gasteiger partial charge in [-0.15, -0.1) is 0 Å². The molecule has 16 heavy (non-hydrogen) atoms. The van der Waals surface area contributed by atoms with E-state index in [0.717, 1.165) is 18.5 Å². The van der Waals surface area contributed by atoms with Crippen LogP contribution in [0.15, 0.2) is 6.20 Å². The van der Waals surface area contributed by atoms with Crippen molar-refractivity contribution in [2.75, 3.05) is 0 Å². The Morgan fingerprint density at radius 3 is 2.56 bits per heavy atom. The third kappa shape index (κ3) is 1.52. The lowest BCUT2D eigenvalue weighted by atomic mass is 10.0. The highest BCUT2D eigenvalue weighted by atomic mass is 16.4. The molecule has 0 aliphatic heterocycles. The molecule has 0 amide bonds. The summed E-state index contributed by atoms with van der Waals surface area (Å²) in [6, 6.07) is 0.407. The summed E-state index contributed by atoms with van der Waals surface area (Å²) in [5, 5.41) is 9.12. The molecule has 0 unspecified atom stereocenters. The molecule has 2 aliphatic carbocycles. The van der Waals surface area contributed by atoms with Gasteiger partial charge in [-0.05, 0) is 25.7 Å². The van der Waals surface area contributed by atoms with E-state index >= 15 is 0 Å². The van der Waals surface area contributed by atoms with E-state index in [4.69, 9.17) is 5.11 Å². The first-order valence-electron chi connectivity index (χ1n) is 6.08. The van der Waals surface area contributed by atoms with Crippen molar-refractivity contribution in [1.82, 2.24) is 9.55 Å². The summed E-state index contributed by atoms with van der Waals surface area (Å²) in [7, 11) is 0. The molecule has 4 heteroatoms. The molecular formula is C12H16N2O2. The summed E-state index contributed by atoms with van der Waals surface area (Å²) < 4.78 is 1.98. The molecule has 4 nitrogen and oxygen atoms in total. The standard InChI is InChI=1S/C12H16N2O2/c15-12(16)11-13-7-10(8-3-1-2-4-8)14(11)9-5-6-9/h7-9H,1-6H2,(H,15,16). The van der Waals surface area contributed by atoms with Crippen LogP contribution in [0, 0.1) is 0 Å². The first kappa shape index (κ1) is 9.87. The molecule has 0 radical (unpaired) electrons. The van der Waals surface area contributed by atoms with Crippen molar-refractivity contribution >= 4 is 5.97 Å². The van der Waals surface area contributed by atoms with Gasteiger partial charge in [-0.25, -0.2) is 9.78 Å². The molecule has 1 N–H and O–H groups in total. The number of carboxylic acids is 1. The molecule has 86 valence electrons. The van der Waals surface area contributed by atoms with E-state index in [-0.39, 0.29) is 5.82 Å². The molecule has 0 aromatic carbocycles. The maximum atomic E-state index is 11.1. The maximum Gasteiger partial charge on any atom is 0.372 e. The van der Waals surface area contributed by atoms with Crippen molar-refractivity contribution in [3.8, 4) is 0 Å². The van der Waals surface area contributed by atoms with E-state index in [0.29, 0.717) is 12.0 Å². The minimum absolute atomic E-state index is 0.240. The van der Waals surface area contributed by atoms with Gasteiger partial charge >= 0.3 is 5.97 Å². The lowest BCUT2D eigenvalue weighted by Crippen LogP contribution is -2.12. The van der Waals surface area contributed by atoms with Gasteiger partial charge in [0.05, 0.1) is 0 Å². The summed E-state index contributed by atoms with van der Waals surface area (Å²) in [6.45, 7) is 0. The van der Waals surface area contributed by atoms with Gasteiger partial charge < -0.3 is 9.67 Å². The fourth-order valence-electron chi connectivity index (χ4n) is 2.77. The van der Waals surface area contributed by atoms with Gasteiger partial charge in [0, 0.05) is 23.9 Å². The number of aromatic nitrogens is 2. The Hall–Kier alpha value is -1.32. The van der Waals surface area contributed by atoms with E-state index < -0.39 is 5.97 Å². The summed E-state index contributed by atoms with van der Waals surface area (Å²) in [5.74, 6) is -0.109. The zero-order valence-corrected chi connectivity index (χ0v) is 9.22. The van der Waals surface area contributed by atoms with E-state index in [1.54, 1.807) is 6.20 Å². The summed E-state index contributed by atoms with van der Waals surface area (Å²) in [5.41, 5.74) is 1.16. The third-order valence-corrected chi connectivity index (χ3v) is 3.70. The van der Waals surface area contributed by atoms with Gasteiger partial charge in [0.2, 0.25) is 5.82 Å². The van der Waals surface area contributed by atoms with Gasteiger partial charge in [0.1, 0.15) is 0 Å². The number of imidazole rings is 1. The lowest BCUT2D eigenvalue weighted by Gasteiger charge is -2.13. The number of hydrogen-bond donors (Lipinski definition) is 1. The highest BCUT2D eigenvalue weighted by Gasteiger charge is 2.33. The molecule has 1 aromatic rings. The number of aromatic carboxylic acids is 1. The zero-order valence-electron chi connectivity index (χ0n) is 9.22. The van der Waals surface area contributed by atoms with Gasteiger partial charge in [-0.1, -0.05) is 12.8 Å². The van der Waals surface area contributed by atoms with E-state index in [2.05, 4.69) is 4.98 Å². The molecule has 1 aromatic heterocycles. The number of rotatable bonds is 3. The van der Waals surface area contributed by atoms with Crippen LogP contribution >= 0.6 is 0 Å². The van der Waals surface area contributed by atoms with Crippen LogP contribution < -0.4 is 0 Å². The van der Waals surface area contributed by atoms with Gasteiger partial charge in [-0.2, -0.15) is 0 Å². The number of nitrogens with zero attached hydrogens (tertiary/aromatic N) is 2. The van der Waals surface area contributed by atoms with Crippen LogP contribution in [0.1, 0.15) is 66.8 Å². The lowest BCUT2D eigenvalue weighted by molar-refractivity contribution is 0.0677. The van der Waals surface area contributed by atoms with E-state index in [9.17, 15) is 4.79 Å². The average molecular weight is 220 g/mol. The molecule has 1 heterocycles.